The van der Waals surface area contributed by atoms with E-state index in [9.17, 15) is 9.59 Å². The number of rotatable bonds is 7. The van der Waals surface area contributed by atoms with Crippen LogP contribution in [0.3, 0.4) is 0 Å². The highest BCUT2D eigenvalue weighted by molar-refractivity contribution is 8.02. The molecule has 38 heavy (non-hydrogen) atoms. The van der Waals surface area contributed by atoms with Crippen LogP contribution in [0.1, 0.15) is 34.1 Å². The molecule has 1 atom stereocenters. The lowest BCUT2D eigenvalue weighted by Gasteiger charge is -2.37. The Kier molecular flexibility index (Phi) is 8.12. The number of nitrogens with one attached hydrogen (secondary N) is 1. The maximum absolute atomic E-state index is 12.6. The molecule has 11 nitrogen and oxygen atoms in total. The zero-order valence-electron chi connectivity index (χ0n) is 22.9. The number of piperazine rings is 1. The summed E-state index contributed by atoms with van der Waals surface area (Å²) in [4.78, 5) is 35.5. The van der Waals surface area contributed by atoms with Crippen LogP contribution in [-0.2, 0) is 9.53 Å². The quantitative estimate of drug-likeness (QED) is 0.504. The Bertz CT molecular complexity index is 1170. The summed E-state index contributed by atoms with van der Waals surface area (Å²) in [6.07, 6.45) is 6.24. The Balaban J connectivity index is 1.50. The van der Waals surface area contributed by atoms with Gasteiger partial charge in [-0.05, 0) is 50.5 Å². The number of allylic oxidation sites excluding steroid dienone is 1. The van der Waals surface area contributed by atoms with E-state index in [1.807, 2.05) is 69.4 Å². The molecule has 1 aromatic rings. The first-order valence-corrected chi connectivity index (χ1v) is 13.9. The average molecular weight is 544 g/mol. The Hall–Kier alpha value is -3.38. The number of hydrogen-bond acceptors (Lipinski definition) is 10. The molecule has 0 saturated carbocycles. The number of primary amides is 1. The highest BCUT2D eigenvalue weighted by Gasteiger charge is 2.48. The van der Waals surface area contributed by atoms with Gasteiger partial charge in [-0.25, -0.2) is 4.79 Å². The molecular formula is C26H37N7O4S+. The van der Waals surface area contributed by atoms with Crippen molar-refractivity contribution in [3.05, 3.63) is 41.3 Å². The summed E-state index contributed by atoms with van der Waals surface area (Å²) in [5.41, 5.74) is 11.2. The number of benzene rings is 1. The first-order valence-electron chi connectivity index (χ1n) is 12.6. The number of anilines is 2. The van der Waals surface area contributed by atoms with Crippen LogP contribution in [0.5, 0.6) is 5.75 Å². The molecular weight excluding hydrogens is 506 g/mol. The Morgan fingerprint density at radius 1 is 1.24 bits per heavy atom. The number of hydrazine groups is 1. The second-order valence-electron chi connectivity index (χ2n) is 10.1. The minimum absolute atomic E-state index is 0.288. The zero-order valence-corrected chi connectivity index (χ0v) is 23.7. The molecule has 12 heteroatoms. The van der Waals surface area contributed by atoms with Gasteiger partial charge in [-0.2, -0.15) is 4.99 Å². The number of nitrogens with two attached hydrogens (primary N) is 1. The summed E-state index contributed by atoms with van der Waals surface area (Å²) in [5.74, 6) is 0.677. The van der Waals surface area contributed by atoms with E-state index in [1.165, 1.54) is 0 Å². The third-order valence-corrected chi connectivity index (χ3v) is 7.09. The van der Waals surface area contributed by atoms with Crippen LogP contribution in [0.25, 0.3) is 0 Å². The number of amidine groups is 1. The van der Waals surface area contributed by atoms with Crippen molar-refractivity contribution in [2.45, 2.75) is 45.8 Å². The molecule has 1 radical (unpaired) electrons. The monoisotopic (exact) mass is 543 g/mol. The molecule has 3 heterocycles. The molecule has 0 spiro atoms. The van der Waals surface area contributed by atoms with Crippen LogP contribution in [0.15, 0.2) is 46.3 Å². The van der Waals surface area contributed by atoms with Gasteiger partial charge < -0.3 is 25.0 Å². The van der Waals surface area contributed by atoms with Crippen molar-refractivity contribution in [1.29, 1.82) is 0 Å². The van der Waals surface area contributed by atoms with Gasteiger partial charge in [-0.3, -0.25) is 15.2 Å². The van der Waals surface area contributed by atoms with Gasteiger partial charge in [0.25, 0.3) is 11.7 Å². The summed E-state index contributed by atoms with van der Waals surface area (Å²) in [6.45, 7) is 10.1. The number of ether oxygens (including phenoxy) is 2. The Labute approximate surface area is 228 Å². The largest absolute Gasteiger partial charge is 0.494 e. The Morgan fingerprint density at radius 2 is 1.95 bits per heavy atom. The van der Waals surface area contributed by atoms with Crippen LogP contribution in [0.4, 0.5) is 16.2 Å². The molecule has 1 saturated heterocycles. The van der Waals surface area contributed by atoms with E-state index < -0.39 is 17.6 Å². The van der Waals surface area contributed by atoms with Gasteiger partial charge in [0.2, 0.25) is 11.1 Å². The van der Waals surface area contributed by atoms with Crippen molar-refractivity contribution in [2.24, 2.45) is 10.7 Å². The lowest BCUT2D eigenvalue weighted by molar-refractivity contribution is -0.120. The van der Waals surface area contributed by atoms with Crippen molar-refractivity contribution in [2.75, 3.05) is 49.9 Å². The van der Waals surface area contributed by atoms with E-state index in [4.69, 9.17) is 15.2 Å². The number of methoxy groups -OCH3 is 1. The van der Waals surface area contributed by atoms with Crippen LogP contribution in [0.2, 0.25) is 0 Å². The van der Waals surface area contributed by atoms with Crippen molar-refractivity contribution in [1.82, 2.24) is 14.8 Å². The number of carbonyl (C=O) groups is 2. The third-order valence-electron chi connectivity index (χ3n) is 6.36. The smallest absolute Gasteiger partial charge is 0.410 e. The third kappa shape index (κ3) is 5.86. The molecule has 0 bridgehead atoms. The lowest BCUT2D eigenvalue weighted by atomic mass is 10.2. The van der Waals surface area contributed by atoms with Crippen molar-refractivity contribution < 1.29 is 19.1 Å². The second-order valence-corrected chi connectivity index (χ2v) is 11.0. The molecule has 4 rings (SSSR count). The molecule has 1 aromatic carbocycles. The fourth-order valence-corrected chi connectivity index (χ4v) is 5.02. The number of amides is 2. The highest BCUT2D eigenvalue weighted by atomic mass is 32.2. The van der Waals surface area contributed by atoms with E-state index in [0.29, 0.717) is 43.5 Å². The molecule has 1 unspecified atom stereocenters. The topological polar surface area (TPSA) is 119 Å². The minimum atomic E-state index is -0.795. The standard InChI is InChI=1S/C26H37N7O4S/c1-7-17-15-32-21(38-6)16-33(22(23(27)34)24(32)28-17)29-19-9-8-18(14-20(19)36-5)30-10-12-31(13-11-30)25(35)37-26(2,3)4/h8-9,14-16,22,29H,7,10-13H2,1-6H3,(H2,27,34)/q+1. The van der Waals surface area contributed by atoms with Gasteiger partial charge in [0.05, 0.1) is 19.0 Å². The predicted octanol–water partition coefficient (Wildman–Crippen LogP) is 3.21. The zero-order chi connectivity index (χ0) is 27.6. The maximum atomic E-state index is 12.6. The van der Waals surface area contributed by atoms with Gasteiger partial charge in [0, 0.05) is 37.9 Å². The minimum Gasteiger partial charge on any atom is -0.494 e. The molecule has 3 aliphatic heterocycles. The van der Waals surface area contributed by atoms with Crippen molar-refractivity contribution in [3.63, 3.8) is 0 Å². The van der Waals surface area contributed by atoms with E-state index >= 15 is 0 Å². The van der Waals surface area contributed by atoms with Gasteiger partial charge in [0.1, 0.15) is 17.0 Å². The van der Waals surface area contributed by atoms with E-state index in [-0.39, 0.29) is 6.09 Å². The molecule has 205 valence electrons. The van der Waals surface area contributed by atoms with Crippen LogP contribution < -0.4 is 25.7 Å². The molecule has 0 aromatic heterocycles. The molecule has 0 aliphatic carbocycles. The fraction of sp³-hybridized carbons (Fsp3) is 0.500. The van der Waals surface area contributed by atoms with Gasteiger partial charge in [0.15, 0.2) is 6.20 Å². The van der Waals surface area contributed by atoms with Crippen LogP contribution in [0, 0.1) is 0 Å². The number of carbonyl (C=O) groups excluding carboxylic acids is 2. The first-order chi connectivity index (χ1) is 18.0. The molecule has 3 aliphatic rings. The van der Waals surface area contributed by atoms with Crippen LogP contribution in [-0.4, -0.2) is 78.9 Å². The van der Waals surface area contributed by atoms with Crippen LogP contribution >= 0.6 is 11.8 Å². The normalized spacial score (nSPS) is 19.9. The summed E-state index contributed by atoms with van der Waals surface area (Å²) >= 11 is 1.55. The fourth-order valence-electron chi connectivity index (χ4n) is 4.46. The summed E-state index contributed by atoms with van der Waals surface area (Å²) in [5, 5.41) is 2.60. The average Bonchev–Trinajstić information content (AvgIpc) is 3.31. The number of hydrogen-bond donors (Lipinski definition) is 2. The van der Waals surface area contributed by atoms with Crippen molar-refractivity contribution >= 4 is 41.0 Å². The van der Waals surface area contributed by atoms with Crippen molar-refractivity contribution in [3.8, 4) is 5.75 Å². The van der Waals surface area contributed by atoms with Gasteiger partial charge in [-0.15, -0.1) is 0 Å². The maximum Gasteiger partial charge on any atom is 0.410 e. The predicted molar refractivity (Wildman–Crippen MR) is 151 cm³/mol. The highest BCUT2D eigenvalue weighted by Crippen LogP contribution is 2.34. The number of thioether (sulfide) groups is 1. The Morgan fingerprint density at radius 3 is 2.53 bits per heavy atom. The second kappa shape index (κ2) is 11.2. The first kappa shape index (κ1) is 27.6. The van der Waals surface area contributed by atoms with Gasteiger partial charge >= 0.3 is 6.09 Å². The lowest BCUT2D eigenvalue weighted by Crippen LogP contribution is -2.57. The number of fused-ring (bicyclic) bond motifs is 1. The van der Waals surface area contributed by atoms with Gasteiger partial charge in [-0.1, -0.05) is 18.7 Å². The van der Waals surface area contributed by atoms with E-state index in [1.54, 1.807) is 28.8 Å². The number of nitrogens with zero attached hydrogens (tertiary/aromatic N) is 5. The summed E-state index contributed by atoms with van der Waals surface area (Å²) < 4.78 is 11.2. The van der Waals surface area contributed by atoms with E-state index in [2.05, 4.69) is 15.3 Å². The molecule has 2 amide bonds. The molecule has 3 N–H and O–H groups in total. The summed E-state index contributed by atoms with van der Waals surface area (Å²) in [6, 6.07) is 5.06. The number of aliphatic imine (C=N–C) groups is 1. The molecule has 1 fully saturated rings. The summed E-state index contributed by atoms with van der Waals surface area (Å²) in [7, 11) is 1.61. The SMILES string of the molecule is CCC1=C[N+]2C(SC)=CN(Nc3ccc(N4CCN(C(=O)OC(C)(C)C)CC4)cc3OC)C(C(N)=O)C2=N1. The van der Waals surface area contributed by atoms with E-state index in [0.717, 1.165) is 22.8 Å².